The van der Waals surface area contributed by atoms with Crippen LogP contribution in [0.15, 0.2) is 24.3 Å². The van der Waals surface area contributed by atoms with E-state index in [-0.39, 0.29) is 5.75 Å². The summed E-state index contributed by atoms with van der Waals surface area (Å²) in [5.74, 6) is -0.559. The van der Waals surface area contributed by atoms with Crippen LogP contribution >= 0.6 is 0 Å². The minimum absolute atomic E-state index is 0.0133. The van der Waals surface area contributed by atoms with Gasteiger partial charge >= 0.3 is 5.97 Å². The molecule has 5 heteroatoms. The molecule has 1 aromatic carbocycles. The highest BCUT2D eigenvalue weighted by atomic mass is 17.1. The highest BCUT2D eigenvalue weighted by Crippen LogP contribution is 2.26. The van der Waals surface area contributed by atoms with Gasteiger partial charge in [-0.05, 0) is 23.8 Å². The Balaban J connectivity index is 2.87. The summed E-state index contributed by atoms with van der Waals surface area (Å²) in [6.45, 7) is 0. The monoisotopic (exact) mass is 210 g/mol. The highest BCUT2D eigenvalue weighted by Gasteiger charge is 2.01. The second-order valence-corrected chi connectivity index (χ2v) is 2.67. The van der Waals surface area contributed by atoms with E-state index in [1.807, 2.05) is 0 Å². The molecule has 0 saturated carbocycles. The molecule has 0 atom stereocenters. The van der Waals surface area contributed by atoms with E-state index in [0.717, 1.165) is 6.08 Å². The van der Waals surface area contributed by atoms with Crippen molar-refractivity contribution in [1.82, 2.24) is 0 Å². The van der Waals surface area contributed by atoms with Crippen LogP contribution in [0.4, 0.5) is 0 Å². The predicted molar refractivity (Wildman–Crippen MR) is 52.4 cm³/mol. The number of methoxy groups -OCH3 is 1. The molecule has 0 aliphatic carbocycles. The lowest BCUT2D eigenvalue weighted by Crippen LogP contribution is -1.94. The zero-order valence-electron chi connectivity index (χ0n) is 8.01. The number of phenolic OH excluding ortho intramolecular Hbond substituents is 1. The first-order chi connectivity index (χ1) is 7.17. The summed E-state index contributed by atoms with van der Waals surface area (Å²) in [6.07, 6.45) is 2.46. The first-order valence-corrected chi connectivity index (χ1v) is 4.08. The van der Waals surface area contributed by atoms with Crippen molar-refractivity contribution < 1.29 is 24.8 Å². The lowest BCUT2D eigenvalue weighted by atomic mass is 10.2. The van der Waals surface area contributed by atoms with Crippen molar-refractivity contribution in [2.45, 2.75) is 0 Å². The van der Waals surface area contributed by atoms with Crippen LogP contribution in [0.5, 0.6) is 11.5 Å². The topological polar surface area (TPSA) is 76.0 Å². The Bertz CT molecular complexity index is 383. The Kier molecular flexibility index (Phi) is 3.70. The number of ether oxygens (including phenoxy) is 1. The number of rotatable bonds is 3. The number of aromatic hydroxyl groups is 1. The average molecular weight is 210 g/mol. The third-order valence-corrected chi connectivity index (χ3v) is 1.71. The Morgan fingerprint density at radius 2 is 2.20 bits per heavy atom. The van der Waals surface area contributed by atoms with E-state index in [0.29, 0.717) is 11.3 Å². The summed E-state index contributed by atoms with van der Waals surface area (Å²) in [6, 6.07) is 4.55. The molecule has 15 heavy (non-hydrogen) atoms. The number of hydrogen-bond donors (Lipinski definition) is 2. The van der Waals surface area contributed by atoms with E-state index in [2.05, 4.69) is 4.89 Å². The molecule has 5 nitrogen and oxygen atoms in total. The van der Waals surface area contributed by atoms with Gasteiger partial charge in [0.15, 0.2) is 11.5 Å². The van der Waals surface area contributed by atoms with Gasteiger partial charge < -0.3 is 9.84 Å². The first-order valence-electron chi connectivity index (χ1n) is 4.08. The summed E-state index contributed by atoms with van der Waals surface area (Å²) in [4.78, 5) is 14.0. The molecule has 0 aliphatic rings. The van der Waals surface area contributed by atoms with Gasteiger partial charge in [-0.1, -0.05) is 6.07 Å². The van der Waals surface area contributed by atoms with Crippen molar-refractivity contribution in [3.8, 4) is 11.5 Å². The molecule has 80 valence electrons. The van der Waals surface area contributed by atoms with Crippen LogP contribution in [0.2, 0.25) is 0 Å². The standard InChI is InChI=1S/C10H10O5/c1-14-9-6-7(2-4-8(9)11)3-5-10(12)15-13/h2-6,11,13H,1H3/b5-3+. The summed E-state index contributed by atoms with van der Waals surface area (Å²) >= 11 is 0. The maximum atomic E-state index is 10.6. The molecule has 0 unspecified atom stereocenters. The number of benzene rings is 1. The van der Waals surface area contributed by atoms with Crippen molar-refractivity contribution in [3.63, 3.8) is 0 Å². The third kappa shape index (κ3) is 2.99. The maximum Gasteiger partial charge on any atom is 0.365 e. The lowest BCUT2D eigenvalue weighted by molar-refractivity contribution is -0.227. The summed E-state index contributed by atoms with van der Waals surface area (Å²) in [5.41, 5.74) is 0.634. The molecule has 2 N–H and O–H groups in total. The molecule has 0 fully saturated rings. The van der Waals surface area contributed by atoms with Crippen molar-refractivity contribution in [1.29, 1.82) is 0 Å². The van der Waals surface area contributed by atoms with Crippen LogP contribution in [-0.4, -0.2) is 23.4 Å². The number of carbonyl (C=O) groups excluding carboxylic acids is 1. The van der Waals surface area contributed by atoms with Crippen LogP contribution in [-0.2, 0) is 9.68 Å². The largest absolute Gasteiger partial charge is 0.504 e. The molecule has 0 radical (unpaired) electrons. The summed E-state index contributed by atoms with van der Waals surface area (Å²) in [7, 11) is 1.42. The van der Waals surface area contributed by atoms with Crippen LogP contribution in [0.25, 0.3) is 6.08 Å². The molecule has 0 amide bonds. The normalized spacial score (nSPS) is 10.3. The first kappa shape index (κ1) is 11.1. The lowest BCUT2D eigenvalue weighted by Gasteiger charge is -2.03. The van der Waals surface area contributed by atoms with Gasteiger partial charge in [0.1, 0.15) is 0 Å². The highest BCUT2D eigenvalue weighted by molar-refractivity contribution is 5.86. The van der Waals surface area contributed by atoms with E-state index in [1.165, 1.54) is 25.3 Å². The summed E-state index contributed by atoms with van der Waals surface area (Å²) < 4.78 is 4.87. The van der Waals surface area contributed by atoms with Crippen LogP contribution in [0, 0.1) is 0 Å². The van der Waals surface area contributed by atoms with Gasteiger partial charge in [-0.3, -0.25) is 4.89 Å². The van der Waals surface area contributed by atoms with E-state index in [9.17, 15) is 9.90 Å². The SMILES string of the molecule is COc1cc(/C=C/C(=O)OO)ccc1O. The van der Waals surface area contributed by atoms with Gasteiger partial charge in [-0.15, -0.1) is 0 Å². The average Bonchev–Trinajstić information content (AvgIpc) is 2.27. The predicted octanol–water partition coefficient (Wildman–Crippen LogP) is 1.43. The Labute approximate surface area is 86.1 Å². The van der Waals surface area contributed by atoms with Crippen molar-refractivity contribution >= 4 is 12.0 Å². The molecule has 0 heterocycles. The smallest absolute Gasteiger partial charge is 0.365 e. The number of phenols is 1. The number of hydrogen-bond acceptors (Lipinski definition) is 5. The molecule has 0 spiro atoms. The second kappa shape index (κ2) is 5.02. The van der Waals surface area contributed by atoms with E-state index < -0.39 is 5.97 Å². The fourth-order valence-electron chi connectivity index (χ4n) is 0.993. The maximum absolute atomic E-state index is 10.6. The fraction of sp³-hybridized carbons (Fsp3) is 0.100. The van der Waals surface area contributed by atoms with Gasteiger partial charge in [0.05, 0.1) is 7.11 Å². The Hall–Kier alpha value is -2.01. The van der Waals surface area contributed by atoms with Crippen molar-refractivity contribution in [2.24, 2.45) is 0 Å². The van der Waals surface area contributed by atoms with Crippen molar-refractivity contribution in [3.05, 3.63) is 29.8 Å². The van der Waals surface area contributed by atoms with E-state index >= 15 is 0 Å². The molecule has 0 bridgehead atoms. The Morgan fingerprint density at radius 3 is 2.80 bits per heavy atom. The fourth-order valence-corrected chi connectivity index (χ4v) is 0.993. The quantitative estimate of drug-likeness (QED) is 0.448. The molecule has 0 saturated heterocycles. The van der Waals surface area contributed by atoms with Gasteiger partial charge in [0.2, 0.25) is 0 Å². The van der Waals surface area contributed by atoms with Gasteiger partial charge in [-0.2, -0.15) is 5.26 Å². The molecule has 0 aromatic heterocycles. The Morgan fingerprint density at radius 1 is 1.47 bits per heavy atom. The van der Waals surface area contributed by atoms with E-state index in [1.54, 1.807) is 6.07 Å². The second-order valence-electron chi connectivity index (χ2n) is 2.67. The molecular formula is C10H10O5. The third-order valence-electron chi connectivity index (χ3n) is 1.71. The van der Waals surface area contributed by atoms with Crippen molar-refractivity contribution in [2.75, 3.05) is 7.11 Å². The number of carbonyl (C=O) groups is 1. The molecular weight excluding hydrogens is 200 g/mol. The van der Waals surface area contributed by atoms with Gasteiger partial charge in [-0.25, -0.2) is 4.79 Å². The molecule has 0 aliphatic heterocycles. The summed E-state index contributed by atoms with van der Waals surface area (Å²) in [5, 5.41) is 17.3. The van der Waals surface area contributed by atoms with Crippen LogP contribution in [0.3, 0.4) is 0 Å². The van der Waals surface area contributed by atoms with Crippen LogP contribution < -0.4 is 4.74 Å². The molecule has 1 rings (SSSR count). The van der Waals surface area contributed by atoms with Crippen LogP contribution in [0.1, 0.15) is 5.56 Å². The van der Waals surface area contributed by atoms with Gasteiger partial charge in [0.25, 0.3) is 0 Å². The minimum atomic E-state index is -0.873. The zero-order valence-corrected chi connectivity index (χ0v) is 8.01. The van der Waals surface area contributed by atoms with E-state index in [4.69, 9.17) is 9.99 Å². The zero-order chi connectivity index (χ0) is 11.3. The molecule has 1 aromatic rings. The van der Waals surface area contributed by atoms with Gasteiger partial charge in [0, 0.05) is 6.08 Å². The minimum Gasteiger partial charge on any atom is -0.504 e.